The average molecular weight is 533 g/mol. The Labute approximate surface area is 230 Å². The average Bonchev–Trinajstić information content (AvgIpc) is 3.51. The van der Waals surface area contributed by atoms with Gasteiger partial charge in [-0.3, -0.25) is 0 Å². The molecule has 0 bridgehead atoms. The highest BCUT2D eigenvalue weighted by Crippen LogP contribution is 2.18. The Hall–Kier alpha value is -5.52. The van der Waals surface area contributed by atoms with Gasteiger partial charge in [0.05, 0.1) is 33.5 Å². The highest BCUT2D eigenvalue weighted by molar-refractivity contribution is 5.97. The number of hydrogen-bond donors (Lipinski definition) is 2. The lowest BCUT2D eigenvalue weighted by molar-refractivity contribution is 0.941. The molecule has 0 saturated heterocycles. The summed E-state index contributed by atoms with van der Waals surface area (Å²) in [6.07, 6.45) is 6.58. The molecule has 0 amide bonds. The van der Waals surface area contributed by atoms with Crippen LogP contribution in [0.5, 0.6) is 0 Å². The van der Waals surface area contributed by atoms with Crippen molar-refractivity contribution in [1.29, 1.82) is 0 Å². The van der Waals surface area contributed by atoms with E-state index in [-0.39, 0.29) is 0 Å². The van der Waals surface area contributed by atoms with E-state index in [9.17, 15) is 0 Å². The largest absolute Gasteiger partial charge is 0.312 e. The summed E-state index contributed by atoms with van der Waals surface area (Å²) in [4.78, 5) is 25.3. The molecular formula is C28H28N12. The van der Waals surface area contributed by atoms with Crippen molar-refractivity contribution in [3.8, 4) is 0 Å². The first-order valence-corrected chi connectivity index (χ1v) is 12.5. The number of benzene rings is 2. The van der Waals surface area contributed by atoms with E-state index in [0.717, 1.165) is 33.5 Å². The van der Waals surface area contributed by atoms with Gasteiger partial charge in [0.25, 0.3) is 0 Å². The van der Waals surface area contributed by atoms with E-state index in [1.165, 1.54) is 6.33 Å². The number of hydrogen-bond acceptors (Lipinski definition) is 10. The summed E-state index contributed by atoms with van der Waals surface area (Å²) in [6, 6.07) is 19.5. The number of para-hydroxylation sites is 4. The Bertz CT molecular complexity index is 1650. The number of rotatable bonds is 6. The summed E-state index contributed by atoms with van der Waals surface area (Å²) in [5, 5.41) is 8.59. The van der Waals surface area contributed by atoms with Gasteiger partial charge in [0.1, 0.15) is 12.0 Å². The molecule has 0 aliphatic heterocycles. The van der Waals surface area contributed by atoms with E-state index < -0.39 is 0 Å². The van der Waals surface area contributed by atoms with Crippen LogP contribution in [0.15, 0.2) is 95.8 Å². The zero-order chi connectivity index (χ0) is 27.9. The van der Waals surface area contributed by atoms with Crippen molar-refractivity contribution in [3.05, 3.63) is 97.1 Å². The number of nitrogens with zero attached hydrogens (tertiary/aromatic N) is 10. The number of fused-ring (bicyclic) bond motifs is 2. The minimum atomic E-state index is 0.596. The molecule has 200 valence electrons. The second-order valence-electron chi connectivity index (χ2n) is 8.75. The predicted octanol–water partition coefficient (Wildman–Crippen LogP) is 4.40. The molecule has 0 fully saturated rings. The number of anilines is 2. The molecule has 12 nitrogen and oxygen atoms in total. The molecule has 0 saturated carbocycles. The van der Waals surface area contributed by atoms with Gasteiger partial charge in [0.2, 0.25) is 11.9 Å². The first kappa shape index (κ1) is 26.1. The van der Waals surface area contributed by atoms with E-state index in [0.29, 0.717) is 23.4 Å². The number of hydrazone groups is 2. The lowest BCUT2D eigenvalue weighted by atomic mass is 10.3. The van der Waals surface area contributed by atoms with Gasteiger partial charge in [-0.1, -0.05) is 24.3 Å². The third-order valence-corrected chi connectivity index (χ3v) is 6.06. The first-order chi connectivity index (χ1) is 19.5. The Kier molecular flexibility index (Phi) is 7.77. The minimum absolute atomic E-state index is 0.596. The lowest BCUT2D eigenvalue weighted by Crippen LogP contribution is -2.06. The summed E-state index contributed by atoms with van der Waals surface area (Å²) in [5.41, 5.74) is 12.2. The Morgan fingerprint density at radius 3 is 1.73 bits per heavy atom. The molecule has 0 atom stereocenters. The third kappa shape index (κ3) is 5.80. The predicted molar refractivity (Wildman–Crippen MR) is 157 cm³/mol. The van der Waals surface area contributed by atoms with Gasteiger partial charge in [-0.15, -0.1) is 0 Å². The van der Waals surface area contributed by atoms with E-state index in [1.54, 1.807) is 24.7 Å². The molecular weight excluding hydrogens is 504 g/mol. The van der Waals surface area contributed by atoms with Crippen LogP contribution in [0, 0.1) is 0 Å². The quantitative estimate of drug-likeness (QED) is 0.238. The lowest BCUT2D eigenvalue weighted by Gasteiger charge is -2.02. The van der Waals surface area contributed by atoms with Crippen molar-refractivity contribution < 1.29 is 0 Å². The number of aromatic nitrogens is 8. The van der Waals surface area contributed by atoms with Crippen LogP contribution in [-0.4, -0.2) is 50.5 Å². The maximum absolute atomic E-state index is 4.49. The maximum atomic E-state index is 4.49. The molecule has 0 spiro atoms. The normalized spacial score (nSPS) is 11.8. The number of imidazole rings is 2. The number of aryl methyl sites for hydroxylation is 2. The molecule has 6 rings (SSSR count). The molecule has 6 aromatic rings. The third-order valence-electron chi connectivity index (χ3n) is 6.06. The van der Waals surface area contributed by atoms with Crippen LogP contribution in [0.1, 0.15) is 25.4 Å². The van der Waals surface area contributed by atoms with Crippen LogP contribution in [0.25, 0.3) is 22.1 Å². The molecule has 0 aliphatic carbocycles. The van der Waals surface area contributed by atoms with Crippen LogP contribution in [0.3, 0.4) is 0 Å². The van der Waals surface area contributed by atoms with Crippen LogP contribution in [0.4, 0.5) is 11.9 Å². The summed E-state index contributed by atoms with van der Waals surface area (Å²) in [7, 11) is 3.90. The van der Waals surface area contributed by atoms with Crippen LogP contribution >= 0.6 is 0 Å². The molecule has 2 N–H and O–H groups in total. The van der Waals surface area contributed by atoms with E-state index in [4.69, 9.17) is 0 Å². The zero-order valence-electron chi connectivity index (χ0n) is 22.6. The van der Waals surface area contributed by atoms with Crippen LogP contribution in [0.2, 0.25) is 0 Å². The topological polar surface area (TPSA) is 136 Å². The van der Waals surface area contributed by atoms with Crippen LogP contribution < -0.4 is 10.9 Å². The van der Waals surface area contributed by atoms with Crippen molar-refractivity contribution in [2.75, 3.05) is 10.9 Å². The van der Waals surface area contributed by atoms with E-state index >= 15 is 0 Å². The summed E-state index contributed by atoms with van der Waals surface area (Å²) >= 11 is 0. The van der Waals surface area contributed by atoms with Crippen molar-refractivity contribution in [3.63, 3.8) is 0 Å². The first-order valence-electron chi connectivity index (χ1n) is 12.5. The number of nitrogens with one attached hydrogen (secondary N) is 2. The van der Waals surface area contributed by atoms with Crippen LogP contribution in [-0.2, 0) is 14.1 Å². The highest BCUT2D eigenvalue weighted by Gasteiger charge is 2.08. The Balaban J connectivity index is 0.000000161. The van der Waals surface area contributed by atoms with Gasteiger partial charge in [0, 0.05) is 32.7 Å². The van der Waals surface area contributed by atoms with Crippen molar-refractivity contribution in [1.82, 2.24) is 39.0 Å². The molecule has 12 heteroatoms. The monoisotopic (exact) mass is 532 g/mol. The second kappa shape index (κ2) is 11.9. The summed E-state index contributed by atoms with van der Waals surface area (Å²) < 4.78 is 3.92. The van der Waals surface area contributed by atoms with Gasteiger partial charge in [-0.25, -0.2) is 40.8 Å². The van der Waals surface area contributed by atoms with Gasteiger partial charge < -0.3 is 9.13 Å². The standard InChI is InChI=1S/2C14H14N6/c1-10(13-15-8-5-9-16-13)18-19-14-17-11-6-3-4-7-12(11)20(14)2;1-10(11-7-8-15-9-16-11)18-19-14-17-12-5-3-4-6-13(12)20(14)2/h2*3-9H,1-2H3,(H,17,19)/b2*18-10+. The molecule has 0 radical (unpaired) electrons. The van der Waals surface area contributed by atoms with Crippen molar-refractivity contribution >= 4 is 45.4 Å². The highest BCUT2D eigenvalue weighted by atomic mass is 15.4. The zero-order valence-corrected chi connectivity index (χ0v) is 22.6. The fourth-order valence-electron chi connectivity index (χ4n) is 3.86. The molecule has 4 heterocycles. The molecule has 0 unspecified atom stereocenters. The molecule has 4 aromatic heterocycles. The van der Waals surface area contributed by atoms with E-state index in [2.05, 4.69) is 51.0 Å². The summed E-state index contributed by atoms with van der Waals surface area (Å²) in [5.74, 6) is 1.97. The van der Waals surface area contributed by atoms with Crippen molar-refractivity contribution in [2.24, 2.45) is 24.3 Å². The smallest absolute Gasteiger partial charge is 0.224 e. The fraction of sp³-hybridized carbons (Fsp3) is 0.143. The second-order valence-corrected chi connectivity index (χ2v) is 8.75. The molecule has 0 aliphatic rings. The maximum Gasteiger partial charge on any atom is 0.224 e. The molecule has 40 heavy (non-hydrogen) atoms. The van der Waals surface area contributed by atoms with Gasteiger partial charge in [0.15, 0.2) is 5.82 Å². The Morgan fingerprint density at radius 1 is 0.650 bits per heavy atom. The SMILES string of the molecule is C/C(=N\Nc1nc2ccccc2n1C)c1ccncn1.C/C(=N\Nc1nc2ccccc2n1C)c1ncccn1. The Morgan fingerprint density at radius 2 is 1.20 bits per heavy atom. The molecule has 2 aromatic carbocycles. The van der Waals surface area contributed by atoms with Gasteiger partial charge in [-0.2, -0.15) is 10.2 Å². The van der Waals surface area contributed by atoms with Gasteiger partial charge in [-0.05, 0) is 50.2 Å². The summed E-state index contributed by atoms with van der Waals surface area (Å²) in [6.45, 7) is 3.74. The minimum Gasteiger partial charge on any atom is -0.312 e. The fourth-order valence-corrected chi connectivity index (χ4v) is 3.86. The van der Waals surface area contributed by atoms with E-state index in [1.807, 2.05) is 91.7 Å². The van der Waals surface area contributed by atoms with Gasteiger partial charge >= 0.3 is 0 Å². The van der Waals surface area contributed by atoms with Crippen molar-refractivity contribution in [2.45, 2.75) is 13.8 Å².